The molecule has 16 heavy (non-hydrogen) atoms. The van der Waals surface area contributed by atoms with E-state index in [4.69, 9.17) is 9.84 Å². The molecule has 0 aromatic heterocycles. The molecule has 0 heterocycles. The van der Waals surface area contributed by atoms with Gasteiger partial charge in [-0.25, -0.2) is 0 Å². The Morgan fingerprint density at radius 3 is 2.81 bits per heavy atom. The lowest BCUT2D eigenvalue weighted by Crippen LogP contribution is -2.31. The normalized spacial score (nSPS) is 12.5. The molecular formula is C12H18BrNO2. The molecule has 0 radical (unpaired) electrons. The number of benzene rings is 1. The topological polar surface area (TPSA) is 41.5 Å². The van der Waals surface area contributed by atoms with Gasteiger partial charge < -0.3 is 15.2 Å². The van der Waals surface area contributed by atoms with E-state index in [9.17, 15) is 0 Å². The van der Waals surface area contributed by atoms with Gasteiger partial charge in [0.1, 0.15) is 5.75 Å². The molecule has 1 aromatic rings. The molecule has 0 aliphatic heterocycles. The zero-order valence-electron chi connectivity index (χ0n) is 9.66. The van der Waals surface area contributed by atoms with Crippen molar-refractivity contribution in [2.45, 2.75) is 25.9 Å². The van der Waals surface area contributed by atoms with Crippen LogP contribution < -0.4 is 10.1 Å². The van der Waals surface area contributed by atoms with Crippen LogP contribution in [0.1, 0.15) is 18.9 Å². The molecule has 4 heteroatoms. The Kier molecular flexibility index (Phi) is 5.80. The predicted molar refractivity (Wildman–Crippen MR) is 68.7 cm³/mol. The summed E-state index contributed by atoms with van der Waals surface area (Å²) in [7, 11) is 1.66. The zero-order valence-corrected chi connectivity index (χ0v) is 11.3. The van der Waals surface area contributed by atoms with Gasteiger partial charge in [0.25, 0.3) is 0 Å². The van der Waals surface area contributed by atoms with E-state index >= 15 is 0 Å². The molecule has 0 bridgehead atoms. The van der Waals surface area contributed by atoms with Crippen molar-refractivity contribution in [3.8, 4) is 5.75 Å². The van der Waals surface area contributed by atoms with E-state index in [2.05, 4.69) is 21.2 Å². The van der Waals surface area contributed by atoms with Gasteiger partial charge in [0, 0.05) is 22.6 Å². The van der Waals surface area contributed by atoms with Crippen molar-refractivity contribution >= 4 is 15.9 Å². The number of nitrogens with one attached hydrogen (secondary N) is 1. The Labute approximate surface area is 105 Å². The van der Waals surface area contributed by atoms with Gasteiger partial charge in [-0.05, 0) is 18.6 Å². The molecule has 0 fully saturated rings. The van der Waals surface area contributed by atoms with Crippen LogP contribution in [0.25, 0.3) is 0 Å². The van der Waals surface area contributed by atoms with Crippen LogP contribution in [0.4, 0.5) is 0 Å². The predicted octanol–water partition coefficient (Wildman–Crippen LogP) is 2.32. The summed E-state index contributed by atoms with van der Waals surface area (Å²) in [6, 6.07) is 6.09. The molecule has 0 spiro atoms. The standard InChI is InChI=1S/C12H18BrNO2/c1-3-11(8-15)14-7-9-4-5-10(13)6-12(9)16-2/h4-6,11,14-15H,3,7-8H2,1-2H3/t11-/m1/s1. The van der Waals surface area contributed by atoms with E-state index in [0.717, 1.165) is 22.2 Å². The van der Waals surface area contributed by atoms with E-state index in [0.29, 0.717) is 6.54 Å². The Balaban J connectivity index is 2.65. The first-order valence-electron chi connectivity index (χ1n) is 5.38. The minimum absolute atomic E-state index is 0.147. The lowest BCUT2D eigenvalue weighted by Gasteiger charge is -2.15. The van der Waals surface area contributed by atoms with Crippen molar-refractivity contribution in [1.82, 2.24) is 5.32 Å². The second-order valence-electron chi connectivity index (χ2n) is 3.62. The van der Waals surface area contributed by atoms with Crippen molar-refractivity contribution in [3.05, 3.63) is 28.2 Å². The van der Waals surface area contributed by atoms with E-state index in [1.54, 1.807) is 7.11 Å². The minimum atomic E-state index is 0.147. The lowest BCUT2D eigenvalue weighted by molar-refractivity contribution is 0.238. The highest BCUT2D eigenvalue weighted by molar-refractivity contribution is 9.10. The van der Waals surface area contributed by atoms with Crippen LogP contribution >= 0.6 is 15.9 Å². The fraction of sp³-hybridized carbons (Fsp3) is 0.500. The summed E-state index contributed by atoms with van der Waals surface area (Å²) in [6.45, 7) is 2.91. The van der Waals surface area contributed by atoms with Gasteiger partial charge in [0.05, 0.1) is 13.7 Å². The maximum atomic E-state index is 9.07. The quantitative estimate of drug-likeness (QED) is 0.844. The number of hydrogen-bond acceptors (Lipinski definition) is 3. The summed E-state index contributed by atoms with van der Waals surface area (Å²) in [5.41, 5.74) is 1.10. The Morgan fingerprint density at radius 1 is 1.50 bits per heavy atom. The van der Waals surface area contributed by atoms with Crippen molar-refractivity contribution in [2.24, 2.45) is 0 Å². The number of hydrogen-bond donors (Lipinski definition) is 2. The second-order valence-corrected chi connectivity index (χ2v) is 4.54. The molecule has 3 nitrogen and oxygen atoms in total. The average molecular weight is 288 g/mol. The van der Waals surface area contributed by atoms with Crippen LogP contribution in [-0.2, 0) is 6.54 Å². The molecule has 90 valence electrons. The maximum Gasteiger partial charge on any atom is 0.124 e. The van der Waals surface area contributed by atoms with Crippen LogP contribution in [0.5, 0.6) is 5.75 Å². The molecule has 0 unspecified atom stereocenters. The molecular weight excluding hydrogens is 270 g/mol. The van der Waals surface area contributed by atoms with Crippen molar-refractivity contribution < 1.29 is 9.84 Å². The van der Waals surface area contributed by atoms with Crippen LogP contribution in [0.2, 0.25) is 0 Å². The fourth-order valence-corrected chi connectivity index (χ4v) is 1.80. The van der Waals surface area contributed by atoms with Crippen LogP contribution in [-0.4, -0.2) is 24.9 Å². The largest absolute Gasteiger partial charge is 0.496 e. The smallest absolute Gasteiger partial charge is 0.124 e. The number of aliphatic hydroxyl groups excluding tert-OH is 1. The number of halogens is 1. The van der Waals surface area contributed by atoms with Crippen molar-refractivity contribution in [2.75, 3.05) is 13.7 Å². The van der Waals surface area contributed by atoms with E-state index in [-0.39, 0.29) is 12.6 Å². The molecule has 0 amide bonds. The molecule has 1 aromatic carbocycles. The fourth-order valence-electron chi connectivity index (χ4n) is 1.46. The van der Waals surface area contributed by atoms with Crippen molar-refractivity contribution in [1.29, 1.82) is 0 Å². The summed E-state index contributed by atoms with van der Waals surface area (Å²) in [6.07, 6.45) is 0.912. The minimum Gasteiger partial charge on any atom is -0.496 e. The average Bonchev–Trinajstić information content (AvgIpc) is 2.31. The molecule has 2 N–H and O–H groups in total. The maximum absolute atomic E-state index is 9.07. The molecule has 1 atom stereocenters. The van der Waals surface area contributed by atoms with Gasteiger partial charge >= 0.3 is 0 Å². The summed E-state index contributed by atoms with van der Waals surface area (Å²) >= 11 is 3.40. The summed E-state index contributed by atoms with van der Waals surface area (Å²) in [5.74, 6) is 0.856. The van der Waals surface area contributed by atoms with Crippen LogP contribution in [0, 0.1) is 0 Å². The number of methoxy groups -OCH3 is 1. The number of ether oxygens (including phenoxy) is 1. The van der Waals surface area contributed by atoms with Gasteiger partial charge in [-0.3, -0.25) is 0 Å². The number of rotatable bonds is 6. The van der Waals surface area contributed by atoms with E-state index in [1.807, 2.05) is 25.1 Å². The first-order valence-corrected chi connectivity index (χ1v) is 6.17. The highest BCUT2D eigenvalue weighted by atomic mass is 79.9. The second kappa shape index (κ2) is 6.89. The van der Waals surface area contributed by atoms with Gasteiger partial charge in [0.15, 0.2) is 0 Å². The van der Waals surface area contributed by atoms with Gasteiger partial charge in [-0.1, -0.05) is 28.9 Å². The summed E-state index contributed by atoms with van der Waals surface area (Å²) in [5, 5.41) is 12.4. The summed E-state index contributed by atoms with van der Waals surface area (Å²) in [4.78, 5) is 0. The first-order chi connectivity index (χ1) is 7.71. The van der Waals surface area contributed by atoms with Gasteiger partial charge in [-0.2, -0.15) is 0 Å². The monoisotopic (exact) mass is 287 g/mol. The third kappa shape index (κ3) is 3.77. The highest BCUT2D eigenvalue weighted by Crippen LogP contribution is 2.23. The molecule has 0 aliphatic carbocycles. The third-order valence-electron chi connectivity index (χ3n) is 2.54. The van der Waals surface area contributed by atoms with Crippen LogP contribution in [0.3, 0.4) is 0 Å². The lowest BCUT2D eigenvalue weighted by atomic mass is 10.1. The molecule has 0 saturated carbocycles. The SMILES string of the molecule is CC[C@H](CO)NCc1ccc(Br)cc1OC. The molecule has 0 aliphatic rings. The summed E-state index contributed by atoms with van der Waals surface area (Å²) < 4.78 is 6.30. The van der Waals surface area contributed by atoms with Gasteiger partial charge in [-0.15, -0.1) is 0 Å². The zero-order chi connectivity index (χ0) is 12.0. The van der Waals surface area contributed by atoms with Crippen LogP contribution in [0.15, 0.2) is 22.7 Å². The van der Waals surface area contributed by atoms with Crippen molar-refractivity contribution in [3.63, 3.8) is 0 Å². The number of aliphatic hydroxyl groups is 1. The first kappa shape index (κ1) is 13.5. The van der Waals surface area contributed by atoms with E-state index < -0.39 is 0 Å². The highest BCUT2D eigenvalue weighted by Gasteiger charge is 2.07. The third-order valence-corrected chi connectivity index (χ3v) is 3.04. The van der Waals surface area contributed by atoms with Gasteiger partial charge in [0.2, 0.25) is 0 Å². The Hall–Kier alpha value is -0.580. The Bertz CT molecular complexity index is 327. The molecule has 1 rings (SSSR count). The molecule has 0 saturated heterocycles. The Morgan fingerprint density at radius 2 is 2.25 bits per heavy atom. The van der Waals surface area contributed by atoms with E-state index in [1.165, 1.54) is 0 Å².